The molecule has 41 heavy (non-hydrogen) atoms. The number of fused-ring (bicyclic) bond motifs is 2. The highest BCUT2D eigenvalue weighted by atomic mass is 19.4. The normalized spacial score (nSPS) is 16.2. The smallest absolute Gasteiger partial charge is 0.277 e. The number of benzene rings is 3. The number of alkyl halides is 3. The van der Waals surface area contributed by atoms with E-state index in [0.29, 0.717) is 16.8 Å². The second kappa shape index (κ2) is 9.12. The number of carbonyl (C=O) groups is 4. The summed E-state index contributed by atoms with van der Waals surface area (Å²) < 4.78 is 44.6. The summed E-state index contributed by atoms with van der Waals surface area (Å²) in [5, 5.41) is 0. The topological polar surface area (TPSA) is 74.8 Å². The second-order valence-corrected chi connectivity index (χ2v) is 10.3. The van der Waals surface area contributed by atoms with Gasteiger partial charge in [-0.3, -0.25) is 24.1 Å². The molecule has 3 aromatic carbocycles. The first-order valence-corrected chi connectivity index (χ1v) is 12.6. The van der Waals surface area contributed by atoms with Crippen molar-refractivity contribution in [3.63, 3.8) is 0 Å². The van der Waals surface area contributed by atoms with Crippen LogP contribution >= 0.6 is 0 Å². The lowest BCUT2D eigenvalue weighted by Gasteiger charge is -2.33. The van der Waals surface area contributed by atoms with Crippen LogP contribution in [-0.2, 0) is 5.41 Å². The van der Waals surface area contributed by atoms with E-state index in [4.69, 9.17) is 0 Å². The maximum atomic E-state index is 14.9. The average molecular weight is 559 g/mol. The fourth-order valence-corrected chi connectivity index (χ4v) is 5.54. The van der Waals surface area contributed by atoms with Crippen molar-refractivity contribution in [2.24, 2.45) is 0 Å². The molecule has 9 heteroatoms. The van der Waals surface area contributed by atoms with E-state index in [1.807, 2.05) is 6.92 Å². The first-order chi connectivity index (χ1) is 19.2. The van der Waals surface area contributed by atoms with Crippen molar-refractivity contribution in [1.29, 1.82) is 0 Å². The van der Waals surface area contributed by atoms with E-state index < -0.39 is 35.2 Å². The number of halogens is 3. The number of nitrogens with zero attached hydrogens (tertiary/aromatic N) is 2. The van der Waals surface area contributed by atoms with Crippen LogP contribution in [0.15, 0.2) is 55.6 Å². The highest BCUT2D eigenvalue weighted by Crippen LogP contribution is 2.48. The summed E-state index contributed by atoms with van der Waals surface area (Å²) in [6.45, 7) is 12.1. The molecule has 2 aliphatic heterocycles. The Morgan fingerprint density at radius 2 is 1.15 bits per heavy atom. The van der Waals surface area contributed by atoms with Crippen LogP contribution in [0.1, 0.15) is 81.7 Å². The molecular formula is C32H25F3N2O4. The molecule has 0 saturated carbocycles. The lowest BCUT2D eigenvalue weighted by molar-refractivity contribution is -0.173. The van der Waals surface area contributed by atoms with Crippen LogP contribution in [0, 0.1) is 13.8 Å². The maximum Gasteiger partial charge on any atom is 0.402 e. The van der Waals surface area contributed by atoms with Gasteiger partial charge in [0, 0.05) is 7.05 Å². The highest BCUT2D eigenvalue weighted by Gasteiger charge is 2.55. The van der Waals surface area contributed by atoms with Crippen LogP contribution < -0.4 is 4.90 Å². The molecule has 2 heterocycles. The average Bonchev–Trinajstić information content (AvgIpc) is 3.32. The van der Waals surface area contributed by atoms with Gasteiger partial charge in [-0.2, -0.15) is 13.2 Å². The SMILES string of the molecule is C=Cc1cc(C=C)c(N2C(=O)c3ccc(C(C)(c4ccc5c(c4)C(=O)N(C)C5=O)C(F)(F)F)cc3C2=O)c(C)c1C. The van der Waals surface area contributed by atoms with E-state index in [9.17, 15) is 32.3 Å². The van der Waals surface area contributed by atoms with Gasteiger partial charge in [0.25, 0.3) is 23.6 Å². The van der Waals surface area contributed by atoms with E-state index in [-0.39, 0.29) is 33.4 Å². The number of hydrogen-bond donors (Lipinski definition) is 0. The number of hydrogen-bond acceptors (Lipinski definition) is 4. The van der Waals surface area contributed by atoms with Crippen LogP contribution in [-0.4, -0.2) is 41.8 Å². The number of amides is 4. The summed E-state index contributed by atoms with van der Waals surface area (Å²) in [5.74, 6) is -2.72. The Balaban J connectivity index is 1.66. The minimum atomic E-state index is -4.87. The van der Waals surface area contributed by atoms with Gasteiger partial charge in [0.1, 0.15) is 5.41 Å². The van der Waals surface area contributed by atoms with Crippen molar-refractivity contribution < 1.29 is 32.3 Å². The lowest BCUT2D eigenvalue weighted by Crippen LogP contribution is -2.41. The van der Waals surface area contributed by atoms with Crippen molar-refractivity contribution in [2.75, 3.05) is 11.9 Å². The van der Waals surface area contributed by atoms with Crippen molar-refractivity contribution in [1.82, 2.24) is 4.90 Å². The van der Waals surface area contributed by atoms with Crippen LogP contribution in [0.4, 0.5) is 18.9 Å². The van der Waals surface area contributed by atoms with Crippen molar-refractivity contribution >= 4 is 41.5 Å². The van der Waals surface area contributed by atoms with Gasteiger partial charge < -0.3 is 0 Å². The maximum absolute atomic E-state index is 14.9. The van der Waals surface area contributed by atoms with E-state index in [1.54, 1.807) is 19.1 Å². The number of imide groups is 2. The minimum Gasteiger partial charge on any atom is -0.277 e. The van der Waals surface area contributed by atoms with Crippen molar-refractivity contribution in [2.45, 2.75) is 32.4 Å². The molecule has 6 nitrogen and oxygen atoms in total. The Morgan fingerprint density at radius 3 is 1.66 bits per heavy atom. The Labute approximate surface area is 234 Å². The van der Waals surface area contributed by atoms with Gasteiger partial charge in [-0.05, 0) is 84.5 Å². The molecule has 0 saturated heterocycles. The summed E-state index contributed by atoms with van der Waals surface area (Å²) in [5.41, 5.74) is -0.547. The van der Waals surface area contributed by atoms with Gasteiger partial charge >= 0.3 is 6.18 Å². The van der Waals surface area contributed by atoms with Crippen LogP contribution in [0.5, 0.6) is 0 Å². The minimum absolute atomic E-state index is 0.0160. The van der Waals surface area contributed by atoms with Gasteiger partial charge in [0.05, 0.1) is 27.9 Å². The predicted molar refractivity (Wildman–Crippen MR) is 149 cm³/mol. The Bertz CT molecular complexity index is 1750. The molecule has 0 fully saturated rings. The number of rotatable bonds is 5. The Kier molecular flexibility index (Phi) is 6.18. The predicted octanol–water partition coefficient (Wildman–Crippen LogP) is 6.48. The summed E-state index contributed by atoms with van der Waals surface area (Å²) in [6.07, 6.45) is -1.73. The van der Waals surface area contributed by atoms with Gasteiger partial charge in [-0.1, -0.05) is 37.4 Å². The molecule has 3 aromatic rings. The van der Waals surface area contributed by atoms with E-state index in [0.717, 1.165) is 46.0 Å². The fourth-order valence-electron chi connectivity index (χ4n) is 5.54. The molecule has 0 spiro atoms. The molecule has 0 aromatic heterocycles. The van der Waals surface area contributed by atoms with E-state index in [1.165, 1.54) is 31.3 Å². The Hall–Kier alpha value is -4.79. The summed E-state index contributed by atoms with van der Waals surface area (Å²) in [6, 6.07) is 8.65. The zero-order chi connectivity index (χ0) is 30.2. The third kappa shape index (κ3) is 3.72. The molecule has 4 amide bonds. The first-order valence-electron chi connectivity index (χ1n) is 12.6. The molecule has 0 aliphatic carbocycles. The molecule has 0 radical (unpaired) electrons. The third-order valence-corrected chi connectivity index (χ3v) is 8.30. The monoisotopic (exact) mass is 558 g/mol. The highest BCUT2D eigenvalue weighted by molar-refractivity contribution is 6.35. The summed E-state index contributed by atoms with van der Waals surface area (Å²) in [7, 11) is 1.26. The van der Waals surface area contributed by atoms with Crippen molar-refractivity contribution in [3.8, 4) is 0 Å². The second-order valence-electron chi connectivity index (χ2n) is 10.3. The lowest BCUT2D eigenvalue weighted by atomic mass is 9.74. The molecule has 0 N–H and O–H groups in total. The molecule has 1 unspecified atom stereocenters. The first kappa shape index (κ1) is 27.8. The quantitative estimate of drug-likeness (QED) is 0.336. The standard InChI is InChI=1S/C32H25F3N2O4/c1-7-18-13-19(8-2)26(17(4)16(18)3)37-29(40)23-12-10-21(15-25(23)30(37)41)31(5,32(33,34)35)20-9-11-22-24(14-20)28(39)36(6)27(22)38/h7-15H,1-2H2,3-6H3. The molecule has 5 rings (SSSR count). The zero-order valence-corrected chi connectivity index (χ0v) is 22.8. The van der Waals surface area contributed by atoms with Crippen LogP contribution in [0.2, 0.25) is 0 Å². The largest absolute Gasteiger partial charge is 0.402 e. The van der Waals surface area contributed by atoms with E-state index in [2.05, 4.69) is 13.2 Å². The Morgan fingerprint density at radius 1 is 0.683 bits per heavy atom. The van der Waals surface area contributed by atoms with Gasteiger partial charge in [-0.15, -0.1) is 0 Å². The molecular weight excluding hydrogens is 533 g/mol. The third-order valence-electron chi connectivity index (χ3n) is 8.30. The zero-order valence-electron chi connectivity index (χ0n) is 22.8. The van der Waals surface area contributed by atoms with Crippen LogP contribution in [0.3, 0.4) is 0 Å². The number of carbonyl (C=O) groups excluding carboxylic acids is 4. The van der Waals surface area contributed by atoms with Gasteiger partial charge in [0.2, 0.25) is 0 Å². The van der Waals surface area contributed by atoms with Gasteiger partial charge in [-0.25, -0.2) is 4.90 Å². The van der Waals surface area contributed by atoms with Crippen LogP contribution in [0.25, 0.3) is 12.2 Å². The molecule has 0 bridgehead atoms. The molecule has 208 valence electrons. The number of anilines is 1. The van der Waals surface area contributed by atoms with E-state index >= 15 is 0 Å². The molecule has 2 aliphatic rings. The summed E-state index contributed by atoms with van der Waals surface area (Å²) >= 11 is 0. The fraction of sp³-hybridized carbons (Fsp3) is 0.188. The van der Waals surface area contributed by atoms with Crippen molar-refractivity contribution in [3.05, 3.63) is 111 Å². The molecule has 1 atom stereocenters. The van der Waals surface area contributed by atoms with Gasteiger partial charge in [0.15, 0.2) is 0 Å². The summed E-state index contributed by atoms with van der Waals surface area (Å²) in [4.78, 5) is 53.9.